The number of halogens is 3. The number of benzene rings is 2. The highest BCUT2D eigenvalue weighted by molar-refractivity contribution is 7.91. The zero-order chi connectivity index (χ0) is 24.8. The van der Waals surface area contributed by atoms with Crippen molar-refractivity contribution >= 4 is 54.6 Å². The number of nitrogens with zero attached hydrogens (tertiary/aromatic N) is 2. The van der Waals surface area contributed by atoms with Gasteiger partial charge in [-0.2, -0.15) is 4.72 Å². The molecule has 1 fully saturated rings. The van der Waals surface area contributed by atoms with Gasteiger partial charge in [0.1, 0.15) is 27.6 Å². The third-order valence-electron chi connectivity index (χ3n) is 5.93. The third kappa shape index (κ3) is 4.70. The molecule has 2 atom stereocenters. The van der Waals surface area contributed by atoms with E-state index >= 15 is 0 Å². The minimum atomic E-state index is -4.02. The fourth-order valence-corrected chi connectivity index (χ4v) is 7.22. The van der Waals surface area contributed by atoms with Crippen LogP contribution in [-0.2, 0) is 14.8 Å². The maximum atomic E-state index is 15.0. The molecule has 1 saturated heterocycles. The lowest BCUT2D eigenvalue weighted by atomic mass is 10.0. The topological polar surface area (TPSA) is 69.7 Å². The van der Waals surface area contributed by atoms with Crippen LogP contribution in [0.1, 0.15) is 31.4 Å². The van der Waals surface area contributed by atoms with E-state index in [2.05, 4.69) is 4.72 Å². The number of hydrogen-bond donors (Lipinski definition) is 1. The Morgan fingerprint density at radius 3 is 2.50 bits per heavy atom. The van der Waals surface area contributed by atoms with E-state index in [1.807, 2.05) is 25.9 Å². The molecule has 11 heteroatoms. The van der Waals surface area contributed by atoms with Crippen LogP contribution in [0, 0.1) is 11.6 Å². The van der Waals surface area contributed by atoms with E-state index in [4.69, 9.17) is 11.6 Å². The van der Waals surface area contributed by atoms with Crippen LogP contribution in [-0.4, -0.2) is 45.9 Å². The van der Waals surface area contributed by atoms with Gasteiger partial charge in [-0.1, -0.05) is 24.6 Å². The third-order valence-corrected chi connectivity index (χ3v) is 9.21. The fourth-order valence-electron chi connectivity index (χ4n) is 4.30. The Kier molecular flexibility index (Phi) is 6.99. The first-order valence-electron chi connectivity index (χ1n) is 10.7. The van der Waals surface area contributed by atoms with Crippen molar-refractivity contribution in [3.8, 4) is 0 Å². The molecule has 1 N–H and O–H groups in total. The fraction of sp³-hybridized carbons (Fsp3) is 0.348. The molecule has 0 radical (unpaired) electrons. The number of carbonyl (C=O) groups excluding carboxylic acids is 1. The largest absolute Gasteiger partial charge is 0.306 e. The summed E-state index contributed by atoms with van der Waals surface area (Å²) in [5.41, 5.74) is 0.0144. The number of hydrogen-bond acceptors (Lipinski definition) is 5. The Bertz CT molecular complexity index is 1340. The lowest BCUT2D eigenvalue weighted by Crippen LogP contribution is -2.41. The van der Waals surface area contributed by atoms with E-state index in [-0.39, 0.29) is 23.2 Å². The van der Waals surface area contributed by atoms with E-state index in [9.17, 15) is 22.0 Å². The minimum Gasteiger partial charge on any atom is -0.306 e. The molecule has 2 heterocycles. The molecule has 182 valence electrons. The van der Waals surface area contributed by atoms with Crippen molar-refractivity contribution < 1.29 is 22.0 Å². The molecular weight excluding hydrogens is 504 g/mol. The predicted molar refractivity (Wildman–Crippen MR) is 131 cm³/mol. The molecule has 2 unspecified atom stereocenters. The molecule has 1 aliphatic rings. The molecule has 0 aliphatic carbocycles. The Morgan fingerprint density at radius 1 is 1.21 bits per heavy atom. The molecule has 34 heavy (non-hydrogen) atoms. The summed E-state index contributed by atoms with van der Waals surface area (Å²) in [6, 6.07) is 7.71. The standard InChI is InChI=1S/C23H24ClF2N3O3S2/c1-4-19(28(2)3)14-9-16(25)22(17(26)10-14)29-8-7-18(23(29)30)27-34(31,32)21-11-13-5-6-15(24)12-20(13)33-21/h5-6,9-12,18-19,27H,4,7-8H2,1-3H3. The molecule has 0 bridgehead atoms. The highest BCUT2D eigenvalue weighted by Crippen LogP contribution is 2.34. The van der Waals surface area contributed by atoms with Crippen LogP contribution in [0.2, 0.25) is 5.02 Å². The van der Waals surface area contributed by atoms with Crippen LogP contribution in [0.4, 0.5) is 14.5 Å². The van der Waals surface area contributed by atoms with E-state index in [1.165, 1.54) is 18.2 Å². The van der Waals surface area contributed by atoms with Crippen molar-refractivity contribution in [3.63, 3.8) is 0 Å². The number of fused-ring (bicyclic) bond motifs is 1. The SMILES string of the molecule is CCC(c1cc(F)c(N2CCC(NS(=O)(=O)c3cc4ccc(Cl)cc4s3)C2=O)c(F)c1)N(C)C. The molecule has 0 spiro atoms. The Hall–Kier alpha value is -2.11. The van der Waals surface area contributed by atoms with Crippen molar-refractivity contribution in [2.45, 2.75) is 36.1 Å². The second kappa shape index (κ2) is 9.50. The highest BCUT2D eigenvalue weighted by atomic mass is 35.5. The average Bonchev–Trinajstić information content (AvgIpc) is 3.32. The van der Waals surface area contributed by atoms with E-state index in [0.717, 1.165) is 16.2 Å². The van der Waals surface area contributed by atoms with Gasteiger partial charge >= 0.3 is 0 Å². The summed E-state index contributed by atoms with van der Waals surface area (Å²) >= 11 is 7.01. The van der Waals surface area contributed by atoms with Gasteiger partial charge in [0.05, 0.1) is 0 Å². The quantitative estimate of drug-likeness (QED) is 0.473. The van der Waals surface area contributed by atoms with Crippen LogP contribution in [0.5, 0.6) is 0 Å². The van der Waals surface area contributed by atoms with Crippen molar-refractivity contribution in [1.29, 1.82) is 0 Å². The summed E-state index contributed by atoms with van der Waals surface area (Å²) < 4.78 is 58.9. The highest BCUT2D eigenvalue weighted by Gasteiger charge is 2.38. The van der Waals surface area contributed by atoms with E-state index < -0.39 is 39.3 Å². The molecule has 0 saturated carbocycles. The van der Waals surface area contributed by atoms with Gasteiger partial charge in [0.15, 0.2) is 0 Å². The summed E-state index contributed by atoms with van der Waals surface area (Å²) in [5, 5.41) is 1.19. The van der Waals surface area contributed by atoms with Gasteiger partial charge in [0.25, 0.3) is 10.0 Å². The number of amides is 1. The summed E-state index contributed by atoms with van der Waals surface area (Å²) in [7, 11) is -0.377. The van der Waals surface area contributed by atoms with E-state index in [0.29, 0.717) is 27.1 Å². The molecule has 4 rings (SSSR count). The number of carbonyl (C=O) groups is 1. The Balaban J connectivity index is 1.57. The van der Waals surface area contributed by atoms with Gasteiger partial charge in [-0.15, -0.1) is 11.3 Å². The molecule has 1 aromatic heterocycles. The second-order valence-electron chi connectivity index (χ2n) is 8.42. The van der Waals surface area contributed by atoms with Crippen LogP contribution < -0.4 is 9.62 Å². The number of nitrogens with one attached hydrogen (secondary N) is 1. The smallest absolute Gasteiger partial charge is 0.250 e. The zero-order valence-corrected chi connectivity index (χ0v) is 21.2. The van der Waals surface area contributed by atoms with Gasteiger partial charge in [0.2, 0.25) is 5.91 Å². The lowest BCUT2D eigenvalue weighted by molar-refractivity contribution is -0.118. The van der Waals surface area contributed by atoms with Crippen molar-refractivity contribution in [3.05, 3.63) is 58.6 Å². The van der Waals surface area contributed by atoms with Crippen LogP contribution in [0.25, 0.3) is 10.1 Å². The van der Waals surface area contributed by atoms with Crippen LogP contribution >= 0.6 is 22.9 Å². The zero-order valence-electron chi connectivity index (χ0n) is 18.8. The van der Waals surface area contributed by atoms with Gasteiger partial charge in [0, 0.05) is 22.3 Å². The lowest BCUT2D eigenvalue weighted by Gasteiger charge is -2.25. The Morgan fingerprint density at radius 2 is 1.88 bits per heavy atom. The van der Waals surface area contributed by atoms with Gasteiger partial charge in [-0.3, -0.25) is 4.79 Å². The monoisotopic (exact) mass is 527 g/mol. The summed E-state index contributed by atoms with van der Waals surface area (Å²) in [6.07, 6.45) is 0.742. The minimum absolute atomic E-state index is 0.00782. The molecular formula is C23H24ClF2N3O3S2. The second-order valence-corrected chi connectivity index (χ2v) is 11.9. The van der Waals surface area contributed by atoms with Crippen molar-refractivity contribution in [1.82, 2.24) is 9.62 Å². The van der Waals surface area contributed by atoms with Crippen molar-refractivity contribution in [2.24, 2.45) is 0 Å². The van der Waals surface area contributed by atoms with Crippen LogP contribution in [0.15, 0.2) is 40.6 Å². The number of sulfonamides is 1. The molecule has 6 nitrogen and oxygen atoms in total. The van der Waals surface area contributed by atoms with Crippen molar-refractivity contribution in [2.75, 3.05) is 25.5 Å². The molecule has 1 amide bonds. The maximum Gasteiger partial charge on any atom is 0.250 e. The first kappa shape index (κ1) is 25.0. The average molecular weight is 528 g/mol. The van der Waals surface area contributed by atoms with E-state index in [1.54, 1.807) is 18.2 Å². The number of rotatable bonds is 7. The van der Waals surface area contributed by atoms with Gasteiger partial charge < -0.3 is 9.80 Å². The maximum absolute atomic E-state index is 15.0. The van der Waals surface area contributed by atoms with Crippen LogP contribution in [0.3, 0.4) is 0 Å². The Labute approximate surface area is 206 Å². The van der Waals surface area contributed by atoms with Gasteiger partial charge in [-0.25, -0.2) is 17.2 Å². The summed E-state index contributed by atoms with van der Waals surface area (Å²) in [5.74, 6) is -2.40. The molecule has 1 aliphatic heterocycles. The molecule has 3 aromatic rings. The first-order chi connectivity index (χ1) is 16.0. The summed E-state index contributed by atoms with van der Waals surface area (Å²) in [4.78, 5) is 15.8. The normalized spacial score (nSPS) is 17.8. The predicted octanol–water partition coefficient (Wildman–Crippen LogP) is 4.93. The number of thiophene rings is 1. The molecule has 2 aromatic carbocycles. The summed E-state index contributed by atoms with van der Waals surface area (Å²) in [6.45, 7) is 1.91. The number of anilines is 1. The van der Waals surface area contributed by atoms with Gasteiger partial charge in [-0.05, 0) is 68.2 Å². The first-order valence-corrected chi connectivity index (χ1v) is 13.4.